The lowest BCUT2D eigenvalue weighted by atomic mass is 10.2. The number of rotatable bonds is 5. The molecule has 0 heterocycles. The summed E-state index contributed by atoms with van der Waals surface area (Å²) < 4.78 is 36.1. The minimum atomic E-state index is -1.04. The molecular formula is C16H14ClF2NO3. The van der Waals surface area contributed by atoms with Crippen LogP contribution in [0, 0.1) is 18.6 Å². The highest BCUT2D eigenvalue weighted by atomic mass is 35.5. The molecule has 2 aromatic rings. The summed E-state index contributed by atoms with van der Waals surface area (Å²) in [5, 5.41) is 3.12. The molecule has 7 heteroatoms. The Bertz CT molecular complexity index is 738. The molecule has 0 spiro atoms. The molecule has 0 bridgehead atoms. The number of halogens is 3. The average molecular weight is 342 g/mol. The lowest BCUT2D eigenvalue weighted by Gasteiger charge is -2.12. The van der Waals surface area contributed by atoms with Crippen LogP contribution in [0.15, 0.2) is 30.3 Å². The van der Waals surface area contributed by atoms with Gasteiger partial charge < -0.3 is 14.8 Å². The van der Waals surface area contributed by atoms with Gasteiger partial charge in [0, 0.05) is 17.2 Å². The Morgan fingerprint density at radius 2 is 1.96 bits per heavy atom. The van der Waals surface area contributed by atoms with Crippen LogP contribution in [0.3, 0.4) is 0 Å². The Hall–Kier alpha value is -2.34. The van der Waals surface area contributed by atoms with Crippen LogP contribution < -0.4 is 14.8 Å². The van der Waals surface area contributed by atoms with Crippen LogP contribution in [-0.2, 0) is 4.79 Å². The SMILES string of the molecule is COc1cc(Cl)c(C)cc1NC(=O)COc1ccc(F)c(F)c1. The van der Waals surface area contributed by atoms with Crippen molar-refractivity contribution in [1.82, 2.24) is 0 Å². The minimum Gasteiger partial charge on any atom is -0.495 e. The van der Waals surface area contributed by atoms with Gasteiger partial charge >= 0.3 is 0 Å². The molecule has 0 aliphatic carbocycles. The number of ether oxygens (including phenoxy) is 2. The predicted molar refractivity (Wildman–Crippen MR) is 83.2 cm³/mol. The van der Waals surface area contributed by atoms with Gasteiger partial charge in [0.2, 0.25) is 0 Å². The van der Waals surface area contributed by atoms with E-state index in [1.165, 1.54) is 13.2 Å². The summed E-state index contributed by atoms with van der Waals surface area (Å²) >= 11 is 5.99. The fourth-order valence-electron chi connectivity index (χ4n) is 1.83. The zero-order valence-corrected chi connectivity index (χ0v) is 13.2. The van der Waals surface area contributed by atoms with E-state index < -0.39 is 17.5 Å². The molecule has 1 amide bonds. The summed E-state index contributed by atoms with van der Waals surface area (Å²) in [5.41, 5.74) is 1.21. The molecule has 4 nitrogen and oxygen atoms in total. The van der Waals surface area contributed by atoms with Gasteiger partial charge in [0.1, 0.15) is 11.5 Å². The van der Waals surface area contributed by atoms with Crippen molar-refractivity contribution in [2.75, 3.05) is 19.0 Å². The Morgan fingerprint density at radius 3 is 2.61 bits per heavy atom. The van der Waals surface area contributed by atoms with E-state index in [1.807, 2.05) is 0 Å². The summed E-state index contributed by atoms with van der Waals surface area (Å²) in [6.45, 7) is 1.42. The second-order valence-corrected chi connectivity index (χ2v) is 5.12. The monoisotopic (exact) mass is 341 g/mol. The van der Waals surface area contributed by atoms with E-state index in [0.717, 1.165) is 17.7 Å². The molecule has 0 saturated carbocycles. The third kappa shape index (κ3) is 4.32. The summed E-state index contributed by atoms with van der Waals surface area (Å²) in [7, 11) is 1.45. The number of amides is 1. The van der Waals surface area contributed by atoms with Crippen LogP contribution in [-0.4, -0.2) is 19.6 Å². The van der Waals surface area contributed by atoms with E-state index in [2.05, 4.69) is 5.32 Å². The van der Waals surface area contributed by atoms with E-state index in [4.69, 9.17) is 21.1 Å². The number of aryl methyl sites for hydroxylation is 1. The first-order valence-electron chi connectivity index (χ1n) is 6.62. The maximum Gasteiger partial charge on any atom is 0.262 e. The molecule has 2 aromatic carbocycles. The topological polar surface area (TPSA) is 47.6 Å². The fourth-order valence-corrected chi connectivity index (χ4v) is 1.99. The Kier molecular flexibility index (Phi) is 5.39. The molecule has 0 saturated heterocycles. The number of hydrogen-bond donors (Lipinski definition) is 1. The Balaban J connectivity index is 2.02. The number of anilines is 1. The second-order valence-electron chi connectivity index (χ2n) is 4.71. The third-order valence-electron chi connectivity index (χ3n) is 3.02. The van der Waals surface area contributed by atoms with Crippen molar-refractivity contribution in [3.63, 3.8) is 0 Å². The van der Waals surface area contributed by atoms with Gasteiger partial charge in [-0.15, -0.1) is 0 Å². The van der Waals surface area contributed by atoms with Crippen molar-refractivity contribution >= 4 is 23.2 Å². The molecule has 122 valence electrons. The second kappa shape index (κ2) is 7.28. The van der Waals surface area contributed by atoms with Crippen LogP contribution >= 0.6 is 11.6 Å². The molecule has 0 fully saturated rings. The number of methoxy groups -OCH3 is 1. The molecule has 0 atom stereocenters. The van der Waals surface area contributed by atoms with E-state index in [9.17, 15) is 13.6 Å². The molecule has 0 aliphatic heterocycles. The normalized spacial score (nSPS) is 10.3. The van der Waals surface area contributed by atoms with E-state index in [0.29, 0.717) is 16.5 Å². The fraction of sp³-hybridized carbons (Fsp3) is 0.188. The smallest absolute Gasteiger partial charge is 0.262 e. The number of benzene rings is 2. The molecule has 2 rings (SSSR count). The lowest BCUT2D eigenvalue weighted by molar-refractivity contribution is -0.118. The first-order chi connectivity index (χ1) is 10.9. The molecule has 23 heavy (non-hydrogen) atoms. The number of hydrogen-bond acceptors (Lipinski definition) is 3. The highest BCUT2D eigenvalue weighted by Gasteiger charge is 2.11. The quantitative estimate of drug-likeness (QED) is 0.895. The molecule has 0 aliphatic rings. The Morgan fingerprint density at radius 1 is 1.22 bits per heavy atom. The highest BCUT2D eigenvalue weighted by Crippen LogP contribution is 2.30. The maximum atomic E-state index is 13.0. The first kappa shape index (κ1) is 17.0. The largest absolute Gasteiger partial charge is 0.495 e. The lowest BCUT2D eigenvalue weighted by Crippen LogP contribution is -2.20. The van der Waals surface area contributed by atoms with Crippen LogP contribution in [0.1, 0.15) is 5.56 Å². The number of nitrogens with one attached hydrogen (secondary N) is 1. The molecule has 0 radical (unpaired) electrons. The number of carbonyl (C=O) groups is 1. The van der Waals surface area contributed by atoms with Gasteiger partial charge in [-0.2, -0.15) is 0 Å². The van der Waals surface area contributed by atoms with Crippen molar-refractivity contribution in [2.45, 2.75) is 6.92 Å². The van der Waals surface area contributed by atoms with Crippen LogP contribution in [0.4, 0.5) is 14.5 Å². The standard InChI is InChI=1S/C16H14ClF2NO3/c1-9-5-14(15(22-2)7-11(9)17)20-16(21)8-23-10-3-4-12(18)13(19)6-10/h3-7H,8H2,1-2H3,(H,20,21). The minimum absolute atomic E-state index is 0.0540. The van der Waals surface area contributed by atoms with Gasteiger partial charge in [0.05, 0.1) is 12.8 Å². The van der Waals surface area contributed by atoms with E-state index in [-0.39, 0.29) is 12.4 Å². The summed E-state index contributed by atoms with van der Waals surface area (Å²) in [4.78, 5) is 11.9. The van der Waals surface area contributed by atoms with E-state index >= 15 is 0 Å². The van der Waals surface area contributed by atoms with Crippen LogP contribution in [0.2, 0.25) is 5.02 Å². The van der Waals surface area contributed by atoms with Crippen molar-refractivity contribution in [1.29, 1.82) is 0 Å². The molecule has 1 N–H and O–H groups in total. The van der Waals surface area contributed by atoms with Gasteiger partial charge in [-0.25, -0.2) is 8.78 Å². The van der Waals surface area contributed by atoms with Gasteiger partial charge in [-0.1, -0.05) is 11.6 Å². The molecule has 0 aromatic heterocycles. The van der Waals surface area contributed by atoms with Crippen molar-refractivity contribution < 1.29 is 23.0 Å². The van der Waals surface area contributed by atoms with Gasteiger partial charge in [-0.3, -0.25) is 4.79 Å². The van der Waals surface area contributed by atoms with Crippen LogP contribution in [0.25, 0.3) is 0 Å². The zero-order chi connectivity index (χ0) is 17.0. The van der Waals surface area contributed by atoms with Crippen LogP contribution in [0.5, 0.6) is 11.5 Å². The first-order valence-corrected chi connectivity index (χ1v) is 7.00. The Labute approximate surface area is 137 Å². The van der Waals surface area contributed by atoms with Gasteiger partial charge in [0.25, 0.3) is 5.91 Å². The van der Waals surface area contributed by atoms with Crippen molar-refractivity contribution in [3.05, 3.63) is 52.6 Å². The van der Waals surface area contributed by atoms with Crippen molar-refractivity contribution in [2.24, 2.45) is 0 Å². The average Bonchev–Trinajstić information content (AvgIpc) is 2.52. The summed E-state index contributed by atoms with van der Waals surface area (Å²) in [6, 6.07) is 6.28. The van der Waals surface area contributed by atoms with E-state index in [1.54, 1.807) is 19.1 Å². The summed E-state index contributed by atoms with van der Waals surface area (Å²) in [5.74, 6) is -2.05. The molecule has 0 unspecified atom stereocenters. The molecular weight excluding hydrogens is 328 g/mol. The third-order valence-corrected chi connectivity index (χ3v) is 3.42. The number of carbonyl (C=O) groups excluding carboxylic acids is 1. The van der Waals surface area contributed by atoms with Gasteiger partial charge in [0.15, 0.2) is 18.2 Å². The van der Waals surface area contributed by atoms with Crippen molar-refractivity contribution in [3.8, 4) is 11.5 Å². The maximum absolute atomic E-state index is 13.0. The summed E-state index contributed by atoms with van der Waals surface area (Å²) in [6.07, 6.45) is 0. The predicted octanol–water partition coefficient (Wildman–Crippen LogP) is 3.95. The van der Waals surface area contributed by atoms with Gasteiger partial charge in [-0.05, 0) is 30.7 Å². The zero-order valence-electron chi connectivity index (χ0n) is 12.5. The highest BCUT2D eigenvalue weighted by molar-refractivity contribution is 6.31.